The second-order valence-electron chi connectivity index (χ2n) is 4.46. The quantitative estimate of drug-likeness (QED) is 0.876. The summed E-state index contributed by atoms with van der Waals surface area (Å²) < 4.78 is 0. The molecular weight excluding hydrogens is 218 g/mol. The zero-order chi connectivity index (χ0) is 11.5. The molecule has 2 rings (SSSR count). The van der Waals surface area contributed by atoms with Gasteiger partial charge in [0.25, 0.3) is 0 Å². The first-order valence-corrected chi connectivity index (χ1v) is 6.66. The topological polar surface area (TPSA) is 48.7 Å². The van der Waals surface area contributed by atoms with Crippen molar-refractivity contribution in [3.8, 4) is 6.07 Å². The van der Waals surface area contributed by atoms with Crippen LogP contribution < -0.4 is 5.32 Å². The van der Waals surface area contributed by atoms with Crippen LogP contribution in [0, 0.1) is 24.2 Å². The Hall–Kier alpha value is -0.920. The molecule has 0 bridgehead atoms. The first kappa shape index (κ1) is 11.6. The zero-order valence-electron chi connectivity index (χ0n) is 9.73. The van der Waals surface area contributed by atoms with Crippen LogP contribution in [0.2, 0.25) is 0 Å². The van der Waals surface area contributed by atoms with E-state index in [2.05, 4.69) is 23.3 Å². The second kappa shape index (κ2) is 4.94. The van der Waals surface area contributed by atoms with Crippen molar-refractivity contribution in [2.45, 2.75) is 45.2 Å². The number of aromatic nitrogens is 1. The molecule has 3 nitrogen and oxygen atoms in total. The standard InChI is InChI=1S/C12H17N3S/c1-8-12(16-7-14-8)9(2)15-11-5-3-4-10(11)6-13/h7,9-11,15H,3-5H2,1-2H3. The van der Waals surface area contributed by atoms with Crippen molar-refractivity contribution in [1.29, 1.82) is 5.26 Å². The number of hydrogen-bond donors (Lipinski definition) is 1. The lowest BCUT2D eigenvalue weighted by molar-refractivity contribution is 0.419. The molecule has 0 aromatic carbocycles. The van der Waals surface area contributed by atoms with Crippen LogP contribution in [0.1, 0.15) is 42.8 Å². The number of aryl methyl sites for hydroxylation is 1. The Morgan fingerprint density at radius 2 is 2.44 bits per heavy atom. The third-order valence-electron chi connectivity index (χ3n) is 3.32. The molecule has 4 heteroatoms. The van der Waals surface area contributed by atoms with Crippen LogP contribution in [-0.2, 0) is 0 Å². The number of hydrogen-bond acceptors (Lipinski definition) is 4. The highest BCUT2D eigenvalue weighted by Crippen LogP contribution is 2.29. The van der Waals surface area contributed by atoms with Crippen LogP contribution in [0.5, 0.6) is 0 Å². The first-order chi connectivity index (χ1) is 7.72. The number of rotatable bonds is 3. The normalized spacial score (nSPS) is 26.6. The van der Waals surface area contributed by atoms with Crippen LogP contribution in [0.4, 0.5) is 0 Å². The largest absolute Gasteiger partial charge is 0.305 e. The van der Waals surface area contributed by atoms with Gasteiger partial charge in [0.15, 0.2) is 0 Å². The summed E-state index contributed by atoms with van der Waals surface area (Å²) in [6, 6.07) is 3.08. The van der Waals surface area contributed by atoms with E-state index in [4.69, 9.17) is 5.26 Å². The van der Waals surface area contributed by atoms with Gasteiger partial charge in [0.2, 0.25) is 0 Å². The fourth-order valence-corrected chi connectivity index (χ4v) is 3.26. The highest BCUT2D eigenvalue weighted by atomic mass is 32.1. The molecule has 1 fully saturated rings. The van der Waals surface area contributed by atoms with Crippen LogP contribution >= 0.6 is 11.3 Å². The molecular formula is C12H17N3S. The lowest BCUT2D eigenvalue weighted by Crippen LogP contribution is -2.33. The van der Waals surface area contributed by atoms with Crippen LogP contribution in [-0.4, -0.2) is 11.0 Å². The number of nitrogens with one attached hydrogen (secondary N) is 1. The van der Waals surface area contributed by atoms with E-state index in [-0.39, 0.29) is 5.92 Å². The van der Waals surface area contributed by atoms with E-state index in [0.29, 0.717) is 12.1 Å². The van der Waals surface area contributed by atoms with Crippen molar-refractivity contribution in [3.63, 3.8) is 0 Å². The fraction of sp³-hybridized carbons (Fsp3) is 0.667. The lowest BCUT2D eigenvalue weighted by atomic mass is 10.0. The van der Waals surface area contributed by atoms with Gasteiger partial charge in [-0.25, -0.2) is 4.98 Å². The molecule has 1 aromatic heterocycles. The number of thiazole rings is 1. The second-order valence-corrected chi connectivity index (χ2v) is 5.35. The maximum atomic E-state index is 9.03. The SMILES string of the molecule is Cc1ncsc1C(C)NC1CCCC1C#N. The Kier molecular flexibility index (Phi) is 3.57. The summed E-state index contributed by atoms with van der Waals surface area (Å²) in [4.78, 5) is 5.56. The molecule has 0 aliphatic heterocycles. The van der Waals surface area contributed by atoms with Gasteiger partial charge in [0, 0.05) is 17.0 Å². The van der Waals surface area contributed by atoms with E-state index in [1.165, 1.54) is 11.3 Å². The zero-order valence-corrected chi connectivity index (χ0v) is 10.5. The summed E-state index contributed by atoms with van der Waals surface area (Å²) in [5, 5.41) is 12.6. The van der Waals surface area contributed by atoms with Gasteiger partial charge in [-0.15, -0.1) is 11.3 Å². The van der Waals surface area contributed by atoms with E-state index in [1.54, 1.807) is 11.3 Å². The molecule has 1 aliphatic rings. The molecule has 0 amide bonds. The number of nitriles is 1. The highest BCUT2D eigenvalue weighted by Gasteiger charge is 2.28. The Bertz CT molecular complexity index is 393. The van der Waals surface area contributed by atoms with Gasteiger partial charge < -0.3 is 5.32 Å². The summed E-state index contributed by atoms with van der Waals surface area (Å²) in [5.41, 5.74) is 3.00. The number of nitrogens with zero attached hydrogens (tertiary/aromatic N) is 2. The van der Waals surface area contributed by atoms with Crippen molar-refractivity contribution in [3.05, 3.63) is 16.1 Å². The molecule has 1 aliphatic carbocycles. The van der Waals surface area contributed by atoms with Gasteiger partial charge in [-0.05, 0) is 26.7 Å². The first-order valence-electron chi connectivity index (χ1n) is 5.78. The lowest BCUT2D eigenvalue weighted by Gasteiger charge is -2.21. The van der Waals surface area contributed by atoms with Gasteiger partial charge in [-0.1, -0.05) is 6.42 Å². The minimum Gasteiger partial charge on any atom is -0.305 e. The van der Waals surface area contributed by atoms with Gasteiger partial charge in [-0.3, -0.25) is 0 Å². The van der Waals surface area contributed by atoms with E-state index >= 15 is 0 Å². The molecule has 16 heavy (non-hydrogen) atoms. The molecule has 3 atom stereocenters. The minimum absolute atomic E-state index is 0.190. The maximum Gasteiger partial charge on any atom is 0.0798 e. The van der Waals surface area contributed by atoms with Crippen molar-refractivity contribution in [1.82, 2.24) is 10.3 Å². The highest BCUT2D eigenvalue weighted by molar-refractivity contribution is 7.09. The van der Waals surface area contributed by atoms with Gasteiger partial charge >= 0.3 is 0 Å². The summed E-state index contributed by atoms with van der Waals surface area (Å²) in [6.07, 6.45) is 3.34. The fourth-order valence-electron chi connectivity index (χ4n) is 2.44. The van der Waals surface area contributed by atoms with Crippen molar-refractivity contribution in [2.24, 2.45) is 5.92 Å². The van der Waals surface area contributed by atoms with Gasteiger partial charge in [-0.2, -0.15) is 5.26 Å². The van der Waals surface area contributed by atoms with Crippen molar-refractivity contribution < 1.29 is 0 Å². The van der Waals surface area contributed by atoms with Crippen molar-refractivity contribution >= 4 is 11.3 Å². The predicted octanol–water partition coefficient (Wildman–Crippen LogP) is 2.79. The Morgan fingerprint density at radius 1 is 1.62 bits per heavy atom. The van der Waals surface area contributed by atoms with Crippen LogP contribution in [0.15, 0.2) is 5.51 Å². The predicted molar refractivity (Wildman–Crippen MR) is 65.1 cm³/mol. The Balaban J connectivity index is 2.00. The Labute approximate surface area is 101 Å². The molecule has 0 saturated heterocycles. The molecule has 3 unspecified atom stereocenters. The maximum absolute atomic E-state index is 9.03. The molecule has 1 saturated carbocycles. The molecule has 1 heterocycles. The van der Waals surface area contributed by atoms with Crippen LogP contribution in [0.3, 0.4) is 0 Å². The minimum atomic E-state index is 0.190. The third-order valence-corrected chi connectivity index (χ3v) is 4.44. The van der Waals surface area contributed by atoms with Crippen LogP contribution in [0.25, 0.3) is 0 Å². The average Bonchev–Trinajstić information content (AvgIpc) is 2.86. The van der Waals surface area contributed by atoms with E-state index in [9.17, 15) is 0 Å². The van der Waals surface area contributed by atoms with E-state index in [1.807, 2.05) is 12.4 Å². The third kappa shape index (κ3) is 2.26. The Morgan fingerprint density at radius 3 is 3.06 bits per heavy atom. The smallest absolute Gasteiger partial charge is 0.0798 e. The van der Waals surface area contributed by atoms with Gasteiger partial charge in [0.1, 0.15) is 0 Å². The van der Waals surface area contributed by atoms with Gasteiger partial charge in [0.05, 0.1) is 23.2 Å². The summed E-state index contributed by atoms with van der Waals surface area (Å²) in [7, 11) is 0. The average molecular weight is 235 g/mol. The molecule has 1 N–H and O–H groups in total. The summed E-state index contributed by atoms with van der Waals surface area (Å²) >= 11 is 1.69. The monoisotopic (exact) mass is 235 g/mol. The summed E-state index contributed by atoms with van der Waals surface area (Å²) in [5.74, 6) is 0.190. The molecule has 1 aromatic rings. The molecule has 0 radical (unpaired) electrons. The van der Waals surface area contributed by atoms with Crippen molar-refractivity contribution in [2.75, 3.05) is 0 Å². The molecule has 86 valence electrons. The molecule has 0 spiro atoms. The van der Waals surface area contributed by atoms with E-state index < -0.39 is 0 Å². The van der Waals surface area contributed by atoms with E-state index in [0.717, 1.165) is 18.5 Å². The summed E-state index contributed by atoms with van der Waals surface area (Å²) in [6.45, 7) is 4.20.